The molecular formula is C15H23N3O6. The van der Waals surface area contributed by atoms with Crippen LogP contribution in [0.15, 0.2) is 6.20 Å². The van der Waals surface area contributed by atoms with Gasteiger partial charge < -0.3 is 28.8 Å². The molecule has 0 aromatic carbocycles. The van der Waals surface area contributed by atoms with Crippen molar-refractivity contribution in [1.29, 1.82) is 0 Å². The van der Waals surface area contributed by atoms with E-state index in [2.05, 4.69) is 10.3 Å². The first-order chi connectivity index (χ1) is 11.3. The number of nitrogens with zero attached hydrogens (tertiary/aromatic N) is 3. The first-order valence-corrected chi connectivity index (χ1v) is 8.12. The van der Waals surface area contributed by atoms with Crippen molar-refractivity contribution < 1.29 is 28.8 Å². The van der Waals surface area contributed by atoms with Gasteiger partial charge in [-0.3, -0.25) is 0 Å². The average molecular weight is 341 g/mol. The van der Waals surface area contributed by atoms with Crippen molar-refractivity contribution in [2.45, 2.75) is 76.5 Å². The lowest BCUT2D eigenvalue weighted by Gasteiger charge is -2.28. The minimum absolute atomic E-state index is 0.175. The number of hydrogen-bond donors (Lipinski definition) is 1. The molecule has 0 aliphatic carbocycles. The lowest BCUT2D eigenvalue weighted by molar-refractivity contribution is -0.226. The van der Waals surface area contributed by atoms with Crippen LogP contribution in [-0.2, 0) is 30.3 Å². The predicted molar refractivity (Wildman–Crippen MR) is 78.6 cm³/mol. The van der Waals surface area contributed by atoms with Crippen LogP contribution in [0, 0.1) is 0 Å². The second-order valence-electron chi connectivity index (χ2n) is 7.27. The van der Waals surface area contributed by atoms with Gasteiger partial charge in [-0.15, -0.1) is 5.10 Å². The number of hydrogen-bond acceptors (Lipinski definition) is 8. The Bertz CT molecular complexity index is 618. The Morgan fingerprint density at radius 2 is 1.96 bits per heavy atom. The number of aliphatic hydroxyl groups excluding tert-OH is 1. The molecule has 3 aliphatic heterocycles. The minimum Gasteiger partial charge on any atom is -0.390 e. The monoisotopic (exact) mass is 341 g/mol. The number of aliphatic hydroxyl groups is 1. The van der Waals surface area contributed by atoms with Gasteiger partial charge in [0.25, 0.3) is 0 Å². The molecule has 134 valence electrons. The van der Waals surface area contributed by atoms with Crippen molar-refractivity contribution in [1.82, 2.24) is 15.0 Å². The molecule has 0 radical (unpaired) electrons. The van der Waals surface area contributed by atoms with Crippen LogP contribution in [0.3, 0.4) is 0 Å². The lowest BCUT2D eigenvalue weighted by atomic mass is 10.0. The molecule has 9 nitrogen and oxygen atoms in total. The fourth-order valence-electron chi connectivity index (χ4n) is 3.53. The number of fused-ring (bicyclic) bond motifs is 1. The molecule has 1 aromatic rings. The Hall–Kier alpha value is -1.10. The van der Waals surface area contributed by atoms with Gasteiger partial charge in [0.15, 0.2) is 17.9 Å². The SMILES string of the molecule is CC1(C)O[C@H]2O[C@H]([C@H]3COC(C)(C)O3)[C@@H](n3cc(CO)nn3)[C@H]2O1. The third-order valence-electron chi connectivity index (χ3n) is 4.47. The second-order valence-corrected chi connectivity index (χ2v) is 7.27. The zero-order valence-electron chi connectivity index (χ0n) is 14.2. The van der Waals surface area contributed by atoms with Gasteiger partial charge in [0.05, 0.1) is 19.4 Å². The molecule has 0 amide bonds. The summed E-state index contributed by atoms with van der Waals surface area (Å²) in [5.41, 5.74) is 0.485. The normalized spacial score (nSPS) is 40.1. The zero-order chi connectivity index (χ0) is 17.1. The first-order valence-electron chi connectivity index (χ1n) is 8.12. The Kier molecular flexibility index (Phi) is 3.72. The Morgan fingerprint density at radius 1 is 1.17 bits per heavy atom. The first kappa shape index (κ1) is 16.4. The highest BCUT2D eigenvalue weighted by atomic mass is 16.8. The summed E-state index contributed by atoms with van der Waals surface area (Å²) in [5.74, 6) is -1.39. The summed E-state index contributed by atoms with van der Waals surface area (Å²) in [6, 6.07) is -0.285. The van der Waals surface area contributed by atoms with Crippen LogP contribution in [0.4, 0.5) is 0 Å². The van der Waals surface area contributed by atoms with Crippen molar-refractivity contribution in [3.8, 4) is 0 Å². The Morgan fingerprint density at radius 3 is 2.58 bits per heavy atom. The van der Waals surface area contributed by atoms with Crippen LogP contribution in [0.1, 0.15) is 39.4 Å². The van der Waals surface area contributed by atoms with Gasteiger partial charge in [0.1, 0.15) is 30.0 Å². The number of rotatable bonds is 3. The van der Waals surface area contributed by atoms with E-state index in [1.165, 1.54) is 0 Å². The highest BCUT2D eigenvalue weighted by molar-refractivity contribution is 5.02. The van der Waals surface area contributed by atoms with Gasteiger partial charge in [0.2, 0.25) is 0 Å². The van der Waals surface area contributed by atoms with E-state index in [1.54, 1.807) is 10.9 Å². The third kappa shape index (κ3) is 2.75. The molecule has 0 unspecified atom stereocenters. The van der Waals surface area contributed by atoms with E-state index in [-0.39, 0.29) is 31.0 Å². The van der Waals surface area contributed by atoms with E-state index in [0.29, 0.717) is 12.3 Å². The van der Waals surface area contributed by atoms with Crippen molar-refractivity contribution in [2.24, 2.45) is 0 Å². The smallest absolute Gasteiger partial charge is 0.189 e. The van der Waals surface area contributed by atoms with Crippen molar-refractivity contribution in [2.75, 3.05) is 6.61 Å². The van der Waals surface area contributed by atoms with Gasteiger partial charge in [0, 0.05) is 0 Å². The van der Waals surface area contributed by atoms with Gasteiger partial charge in [-0.1, -0.05) is 5.21 Å². The average Bonchev–Trinajstić information content (AvgIpc) is 3.20. The molecule has 3 aliphatic rings. The summed E-state index contributed by atoms with van der Waals surface area (Å²) in [7, 11) is 0. The summed E-state index contributed by atoms with van der Waals surface area (Å²) in [4.78, 5) is 0. The fraction of sp³-hybridized carbons (Fsp3) is 0.867. The maximum atomic E-state index is 9.26. The molecule has 3 fully saturated rings. The van der Waals surface area contributed by atoms with Crippen LogP contribution in [0.5, 0.6) is 0 Å². The molecule has 0 bridgehead atoms. The molecule has 1 N–H and O–H groups in total. The van der Waals surface area contributed by atoms with Crippen LogP contribution < -0.4 is 0 Å². The molecule has 3 saturated heterocycles. The quantitative estimate of drug-likeness (QED) is 0.841. The molecule has 24 heavy (non-hydrogen) atoms. The van der Waals surface area contributed by atoms with Gasteiger partial charge in [-0.25, -0.2) is 4.68 Å². The largest absolute Gasteiger partial charge is 0.390 e. The van der Waals surface area contributed by atoms with E-state index < -0.39 is 17.9 Å². The molecule has 0 spiro atoms. The molecule has 0 saturated carbocycles. The standard InChI is InChI=1S/C15H23N3O6/c1-14(2)20-7-9(22-14)11-10(18-5-8(6-19)16-17-18)12-13(21-11)24-15(3,4)23-12/h5,9-13,19H,6-7H2,1-4H3/t9-,10-,11-,12-,13-/m1/s1. The van der Waals surface area contributed by atoms with E-state index in [1.807, 2.05) is 27.7 Å². The number of ether oxygens (including phenoxy) is 5. The van der Waals surface area contributed by atoms with E-state index >= 15 is 0 Å². The number of aromatic nitrogens is 3. The van der Waals surface area contributed by atoms with Crippen LogP contribution >= 0.6 is 0 Å². The summed E-state index contributed by atoms with van der Waals surface area (Å²) in [6.45, 7) is 7.67. The van der Waals surface area contributed by atoms with E-state index in [4.69, 9.17) is 23.7 Å². The molecule has 1 aromatic heterocycles. The molecule has 4 heterocycles. The Balaban J connectivity index is 1.63. The summed E-state index contributed by atoms with van der Waals surface area (Å²) >= 11 is 0. The second kappa shape index (κ2) is 5.45. The highest BCUT2D eigenvalue weighted by Crippen LogP contribution is 2.45. The molecule has 9 heteroatoms. The molecule has 5 atom stereocenters. The lowest BCUT2D eigenvalue weighted by Crippen LogP contribution is -2.40. The van der Waals surface area contributed by atoms with Crippen molar-refractivity contribution in [3.63, 3.8) is 0 Å². The molecular weight excluding hydrogens is 318 g/mol. The zero-order valence-corrected chi connectivity index (χ0v) is 14.2. The van der Waals surface area contributed by atoms with Gasteiger partial charge in [-0.05, 0) is 27.7 Å². The summed E-state index contributed by atoms with van der Waals surface area (Å²) in [5, 5.41) is 17.4. The van der Waals surface area contributed by atoms with Crippen LogP contribution in [0.25, 0.3) is 0 Å². The molecule has 4 rings (SSSR count). The summed E-state index contributed by atoms with van der Waals surface area (Å²) < 4.78 is 31.3. The van der Waals surface area contributed by atoms with E-state index in [0.717, 1.165) is 0 Å². The maximum Gasteiger partial charge on any atom is 0.189 e. The summed E-state index contributed by atoms with van der Waals surface area (Å²) in [6.07, 6.45) is 0.215. The maximum absolute atomic E-state index is 9.26. The fourth-order valence-corrected chi connectivity index (χ4v) is 3.53. The Labute approximate surface area is 139 Å². The van der Waals surface area contributed by atoms with Gasteiger partial charge >= 0.3 is 0 Å². The van der Waals surface area contributed by atoms with Crippen molar-refractivity contribution in [3.05, 3.63) is 11.9 Å². The topological polar surface area (TPSA) is 97.1 Å². The van der Waals surface area contributed by atoms with E-state index in [9.17, 15) is 5.11 Å². The third-order valence-corrected chi connectivity index (χ3v) is 4.47. The van der Waals surface area contributed by atoms with Crippen molar-refractivity contribution >= 4 is 0 Å². The van der Waals surface area contributed by atoms with Crippen LogP contribution in [0.2, 0.25) is 0 Å². The minimum atomic E-state index is -0.731. The van der Waals surface area contributed by atoms with Gasteiger partial charge in [-0.2, -0.15) is 0 Å². The highest BCUT2D eigenvalue weighted by Gasteiger charge is 2.59. The van der Waals surface area contributed by atoms with Crippen LogP contribution in [-0.4, -0.2) is 62.9 Å². The predicted octanol–water partition coefficient (Wildman–Crippen LogP) is 0.339.